The number of hydrogen-bond acceptors (Lipinski definition) is 11. The van der Waals surface area contributed by atoms with Gasteiger partial charge >= 0.3 is 12.1 Å². The summed E-state index contributed by atoms with van der Waals surface area (Å²) in [5.41, 5.74) is 0.742. The Hall–Kier alpha value is -4.57. The summed E-state index contributed by atoms with van der Waals surface area (Å²) in [7, 11) is 1.81. The molecule has 0 spiro atoms. The number of carboxylic acids is 1. The molecule has 6 heterocycles. The van der Waals surface area contributed by atoms with Crippen LogP contribution in [0.4, 0.5) is 4.79 Å². The maximum Gasteiger partial charge on any atom is 0.408 e. The van der Waals surface area contributed by atoms with Crippen LogP contribution in [0.1, 0.15) is 57.1 Å². The van der Waals surface area contributed by atoms with Gasteiger partial charge in [-0.3, -0.25) is 14.3 Å². The van der Waals surface area contributed by atoms with Crippen LogP contribution in [0.2, 0.25) is 0 Å². The van der Waals surface area contributed by atoms with Crippen LogP contribution in [0.25, 0.3) is 21.7 Å². The van der Waals surface area contributed by atoms with Gasteiger partial charge in [-0.1, -0.05) is 25.0 Å². The molecule has 0 aromatic carbocycles. The average Bonchev–Trinajstić information content (AvgIpc) is 3.64. The molecule has 16 heteroatoms. The van der Waals surface area contributed by atoms with E-state index in [1.807, 2.05) is 43.6 Å². The SMILES string of the molecule is Cc1cc(-c2nc(O[C@@H]3C[C@H]4C(=O)N[C@]5(C(=O)O)C[C@H]5/C=C\CCCCC[C@H](NC(=O)O[C@H]5CCOC5)C(=O)N4C3)c3sccc3n2)n(C)n1. The van der Waals surface area contributed by atoms with Crippen molar-refractivity contribution >= 4 is 45.4 Å². The van der Waals surface area contributed by atoms with Crippen molar-refractivity contribution in [3.8, 4) is 17.4 Å². The third kappa shape index (κ3) is 6.90. The number of carbonyl (C=O) groups excluding carboxylic acids is 3. The Morgan fingerprint density at radius 3 is 2.80 bits per heavy atom. The molecule has 3 aromatic heterocycles. The molecule has 15 nitrogen and oxygen atoms in total. The normalized spacial score (nSPS) is 29.3. The minimum Gasteiger partial charge on any atom is -0.479 e. The van der Waals surface area contributed by atoms with E-state index in [4.69, 9.17) is 24.2 Å². The fourth-order valence-corrected chi connectivity index (χ4v) is 7.85. The lowest BCUT2D eigenvalue weighted by Crippen LogP contribution is -2.56. The fourth-order valence-electron chi connectivity index (χ4n) is 7.09. The maximum atomic E-state index is 14.4. The van der Waals surface area contributed by atoms with Crippen molar-refractivity contribution in [2.45, 2.75) is 88.1 Å². The number of aryl methyl sites for hydroxylation is 2. The molecule has 6 atom stereocenters. The molecule has 2 saturated heterocycles. The molecule has 0 unspecified atom stereocenters. The second-order valence-electron chi connectivity index (χ2n) is 13.5. The Kier molecular flexibility index (Phi) is 9.48. The van der Waals surface area contributed by atoms with E-state index < -0.39 is 53.7 Å². The van der Waals surface area contributed by atoms with E-state index in [9.17, 15) is 24.3 Å². The number of aromatic nitrogens is 4. The topological polar surface area (TPSA) is 187 Å². The van der Waals surface area contributed by atoms with Crippen molar-refractivity contribution in [2.75, 3.05) is 19.8 Å². The number of rotatable bonds is 6. The first-order valence-electron chi connectivity index (χ1n) is 17.1. The minimum atomic E-state index is -1.45. The number of nitrogens with zero attached hydrogens (tertiary/aromatic N) is 5. The van der Waals surface area contributed by atoms with Crippen molar-refractivity contribution in [1.29, 1.82) is 0 Å². The fraction of sp³-hybridized carbons (Fsp3) is 0.559. The number of nitrogens with one attached hydrogen (secondary N) is 2. The van der Waals surface area contributed by atoms with Crippen LogP contribution in [0, 0.1) is 12.8 Å². The van der Waals surface area contributed by atoms with Gasteiger partial charge < -0.3 is 34.9 Å². The summed E-state index contributed by atoms with van der Waals surface area (Å²) < 4.78 is 19.8. The van der Waals surface area contributed by atoms with Gasteiger partial charge in [0, 0.05) is 25.8 Å². The quantitative estimate of drug-likeness (QED) is 0.320. The average molecular weight is 708 g/mol. The predicted molar refractivity (Wildman–Crippen MR) is 180 cm³/mol. The van der Waals surface area contributed by atoms with Crippen LogP contribution in [0.15, 0.2) is 29.7 Å². The van der Waals surface area contributed by atoms with E-state index >= 15 is 0 Å². The Labute approximate surface area is 292 Å². The van der Waals surface area contributed by atoms with Crippen molar-refractivity contribution in [3.05, 3.63) is 35.4 Å². The van der Waals surface area contributed by atoms with Gasteiger partial charge in [0.25, 0.3) is 0 Å². The van der Waals surface area contributed by atoms with Crippen molar-refractivity contribution in [3.63, 3.8) is 0 Å². The number of allylic oxidation sites excluding steroid dienone is 1. The van der Waals surface area contributed by atoms with E-state index in [1.54, 1.807) is 4.68 Å². The van der Waals surface area contributed by atoms with Gasteiger partial charge in [-0.2, -0.15) is 10.1 Å². The molecule has 266 valence electrons. The molecule has 4 aliphatic rings. The van der Waals surface area contributed by atoms with Crippen LogP contribution in [0.5, 0.6) is 5.88 Å². The van der Waals surface area contributed by atoms with Crippen LogP contribution in [-0.4, -0.2) is 103 Å². The molecule has 3 N–H and O–H groups in total. The first-order chi connectivity index (χ1) is 24.1. The standard InChI is InChI=1S/C34H41N7O8S/c1-19-14-25(40(2)39-19)28-35-23-11-13-50-27(23)30(37-28)48-22-15-26-29(42)38-34(32(44)45)16-20(34)8-6-4-3-5-7-9-24(31(43)41(26)17-22)36-33(46)49-21-10-12-47-18-21/h6,8,11,13-14,20-22,24,26H,3-5,7,9-10,12,15-18H2,1-2H3,(H,36,46)(H,38,42)(H,44,45)/b8-6-/t20-,21+,22-,24+,26+,34-/m1/s1. The summed E-state index contributed by atoms with van der Waals surface area (Å²) in [5, 5.41) is 22.0. The highest BCUT2D eigenvalue weighted by molar-refractivity contribution is 7.17. The number of hydrogen-bond donors (Lipinski definition) is 3. The number of carboxylic acid groups (broad SMARTS) is 1. The van der Waals surface area contributed by atoms with E-state index in [0.717, 1.165) is 25.0 Å². The summed E-state index contributed by atoms with van der Waals surface area (Å²) in [5.74, 6) is -1.79. The molecule has 1 saturated carbocycles. The number of amides is 3. The zero-order chi connectivity index (χ0) is 35.0. The lowest BCUT2D eigenvalue weighted by molar-refractivity contribution is -0.145. The van der Waals surface area contributed by atoms with Gasteiger partial charge in [-0.05, 0) is 50.1 Å². The van der Waals surface area contributed by atoms with E-state index in [0.29, 0.717) is 60.1 Å². The maximum absolute atomic E-state index is 14.4. The predicted octanol–water partition coefficient (Wildman–Crippen LogP) is 3.11. The highest BCUT2D eigenvalue weighted by Gasteiger charge is 2.61. The number of thiophene rings is 1. The molecule has 3 amide bonds. The molecule has 1 aliphatic carbocycles. The van der Waals surface area contributed by atoms with Crippen molar-refractivity contribution in [1.82, 2.24) is 35.3 Å². The lowest BCUT2D eigenvalue weighted by atomic mass is 10.0. The molecule has 3 fully saturated rings. The molecule has 0 bridgehead atoms. The van der Waals surface area contributed by atoms with Crippen LogP contribution < -0.4 is 15.4 Å². The third-order valence-corrected chi connectivity index (χ3v) is 10.7. The van der Waals surface area contributed by atoms with E-state index in [-0.39, 0.29) is 25.3 Å². The smallest absolute Gasteiger partial charge is 0.408 e. The number of alkyl carbamates (subject to hydrolysis) is 1. The Bertz CT molecular complexity index is 1820. The molecule has 3 aliphatic heterocycles. The van der Waals surface area contributed by atoms with E-state index in [2.05, 4.69) is 15.7 Å². The monoisotopic (exact) mass is 707 g/mol. The van der Waals surface area contributed by atoms with Gasteiger partial charge in [-0.25, -0.2) is 14.6 Å². The van der Waals surface area contributed by atoms with Crippen LogP contribution in [-0.2, 0) is 30.9 Å². The first-order valence-corrected chi connectivity index (χ1v) is 18.0. The van der Waals surface area contributed by atoms with Gasteiger partial charge in [0.1, 0.15) is 40.2 Å². The molecular weight excluding hydrogens is 666 g/mol. The number of fused-ring (bicyclic) bond motifs is 3. The van der Waals surface area contributed by atoms with Crippen molar-refractivity contribution in [2.24, 2.45) is 13.0 Å². The Morgan fingerprint density at radius 1 is 1.18 bits per heavy atom. The Morgan fingerprint density at radius 2 is 2.04 bits per heavy atom. The summed E-state index contributed by atoms with van der Waals surface area (Å²) >= 11 is 1.41. The van der Waals surface area contributed by atoms with E-state index in [1.165, 1.54) is 16.2 Å². The molecule has 7 rings (SSSR count). The van der Waals surface area contributed by atoms with Gasteiger partial charge in [0.05, 0.1) is 31.0 Å². The van der Waals surface area contributed by atoms with Gasteiger partial charge in [0.2, 0.25) is 17.7 Å². The molecular formula is C34H41N7O8S. The summed E-state index contributed by atoms with van der Waals surface area (Å²) in [6, 6.07) is 1.73. The highest BCUT2D eigenvalue weighted by Crippen LogP contribution is 2.45. The first kappa shape index (κ1) is 33.9. The molecule has 3 aromatic rings. The zero-order valence-corrected chi connectivity index (χ0v) is 28.8. The second-order valence-corrected chi connectivity index (χ2v) is 14.4. The molecule has 50 heavy (non-hydrogen) atoms. The number of ether oxygens (including phenoxy) is 3. The third-order valence-electron chi connectivity index (χ3n) is 9.86. The Balaban J connectivity index is 1.18. The molecule has 0 radical (unpaired) electrons. The summed E-state index contributed by atoms with van der Waals surface area (Å²) in [6.07, 6.45) is 6.31. The van der Waals surface area contributed by atoms with Crippen molar-refractivity contribution < 1.29 is 38.5 Å². The second kappa shape index (κ2) is 14.0. The zero-order valence-electron chi connectivity index (χ0n) is 28.0. The highest BCUT2D eigenvalue weighted by atomic mass is 32.1. The largest absolute Gasteiger partial charge is 0.479 e. The van der Waals surface area contributed by atoms with Gasteiger partial charge in [0.15, 0.2) is 5.82 Å². The summed E-state index contributed by atoms with van der Waals surface area (Å²) in [4.78, 5) is 64.7. The number of carbonyl (C=O) groups is 4. The lowest BCUT2D eigenvalue weighted by Gasteiger charge is -2.29. The van der Waals surface area contributed by atoms with Gasteiger partial charge in [-0.15, -0.1) is 11.3 Å². The number of aliphatic carboxylic acids is 1. The summed E-state index contributed by atoms with van der Waals surface area (Å²) in [6.45, 7) is 2.68. The minimum absolute atomic E-state index is 0.0149. The van der Waals surface area contributed by atoms with Crippen LogP contribution in [0.3, 0.4) is 0 Å². The van der Waals surface area contributed by atoms with Crippen LogP contribution >= 0.6 is 11.3 Å².